The van der Waals surface area contributed by atoms with E-state index >= 15 is 0 Å². The molecule has 2 amide bonds. The number of nitrogens with zero attached hydrogens (tertiary/aromatic N) is 8. The minimum atomic E-state index is -0.171. The molecule has 0 unspecified atom stereocenters. The predicted molar refractivity (Wildman–Crippen MR) is 162 cm³/mol. The van der Waals surface area contributed by atoms with Crippen LogP contribution >= 0.6 is 0 Å². The average molecular weight is 579 g/mol. The highest BCUT2D eigenvalue weighted by Gasteiger charge is 2.31. The van der Waals surface area contributed by atoms with Gasteiger partial charge in [-0.1, -0.05) is 30.3 Å². The Balaban J connectivity index is 1.15. The van der Waals surface area contributed by atoms with Gasteiger partial charge >= 0.3 is 6.03 Å². The van der Waals surface area contributed by atoms with Gasteiger partial charge in [0.2, 0.25) is 5.95 Å². The molecule has 1 aliphatic carbocycles. The van der Waals surface area contributed by atoms with Crippen LogP contribution in [-0.2, 0) is 18.3 Å². The SMILES string of the molecule is Cn1cc(-c2ccc(N(C(=O)NCc3ccccc3)[C@H]3CC[C@H](Nc4ncc(C#N)c(N5CCOC5)n4)CC3)nc2)cn1. The average Bonchev–Trinajstić information content (AvgIpc) is 3.74. The summed E-state index contributed by atoms with van der Waals surface area (Å²) in [6.07, 6.45) is 10.3. The molecule has 0 spiro atoms. The lowest BCUT2D eigenvalue weighted by Crippen LogP contribution is -2.49. The summed E-state index contributed by atoms with van der Waals surface area (Å²) in [7, 11) is 1.88. The van der Waals surface area contributed by atoms with Crippen molar-refractivity contribution in [2.24, 2.45) is 7.05 Å². The number of aromatic nitrogens is 5. The molecular formula is C31H34N10O2. The Hall–Kier alpha value is -5.02. The molecule has 2 aliphatic rings. The van der Waals surface area contributed by atoms with Gasteiger partial charge in [-0.05, 0) is 43.4 Å². The van der Waals surface area contributed by atoms with E-state index in [1.807, 2.05) is 60.6 Å². The number of hydrogen-bond acceptors (Lipinski definition) is 9. The number of anilines is 3. The van der Waals surface area contributed by atoms with Gasteiger partial charge in [0, 0.05) is 55.7 Å². The molecule has 12 heteroatoms. The van der Waals surface area contributed by atoms with Gasteiger partial charge in [-0.3, -0.25) is 9.58 Å². The van der Waals surface area contributed by atoms with Gasteiger partial charge in [-0.15, -0.1) is 0 Å². The van der Waals surface area contributed by atoms with E-state index in [4.69, 9.17) is 9.72 Å². The molecule has 1 saturated heterocycles. The van der Waals surface area contributed by atoms with Gasteiger partial charge in [0.15, 0.2) is 5.82 Å². The molecule has 1 aromatic carbocycles. The van der Waals surface area contributed by atoms with E-state index in [1.54, 1.807) is 28.2 Å². The largest absolute Gasteiger partial charge is 0.359 e. The van der Waals surface area contributed by atoms with Crippen molar-refractivity contribution >= 4 is 23.6 Å². The van der Waals surface area contributed by atoms with Crippen molar-refractivity contribution in [3.05, 3.63) is 78.4 Å². The molecular weight excluding hydrogens is 544 g/mol. The Morgan fingerprint density at radius 3 is 2.58 bits per heavy atom. The Kier molecular flexibility index (Phi) is 8.42. The maximum absolute atomic E-state index is 13.7. The van der Waals surface area contributed by atoms with Crippen LogP contribution in [0.5, 0.6) is 0 Å². The molecule has 4 aromatic rings. The van der Waals surface area contributed by atoms with Crippen LogP contribution in [0.4, 0.5) is 22.4 Å². The lowest BCUT2D eigenvalue weighted by Gasteiger charge is -2.36. The number of carbonyl (C=O) groups is 1. The van der Waals surface area contributed by atoms with Crippen molar-refractivity contribution in [2.75, 3.05) is 35.0 Å². The first-order valence-corrected chi connectivity index (χ1v) is 14.5. The van der Waals surface area contributed by atoms with Crippen molar-refractivity contribution in [3.8, 4) is 17.2 Å². The van der Waals surface area contributed by atoms with E-state index in [0.717, 1.165) is 42.4 Å². The summed E-state index contributed by atoms with van der Waals surface area (Å²) in [6, 6.07) is 15.9. The zero-order valence-corrected chi connectivity index (χ0v) is 24.1. The van der Waals surface area contributed by atoms with Crippen LogP contribution in [0.1, 0.15) is 36.8 Å². The van der Waals surface area contributed by atoms with Crippen LogP contribution in [0, 0.1) is 11.3 Å². The summed E-state index contributed by atoms with van der Waals surface area (Å²) >= 11 is 0. The Bertz CT molecular complexity index is 1570. The summed E-state index contributed by atoms with van der Waals surface area (Å²) in [5.41, 5.74) is 3.38. The first-order valence-electron chi connectivity index (χ1n) is 14.5. The van der Waals surface area contributed by atoms with Gasteiger partial charge in [0.05, 0.1) is 19.0 Å². The van der Waals surface area contributed by atoms with Crippen molar-refractivity contribution in [2.45, 2.75) is 44.3 Å². The summed E-state index contributed by atoms with van der Waals surface area (Å²) in [6.45, 7) is 2.14. The molecule has 0 atom stereocenters. The van der Waals surface area contributed by atoms with Crippen molar-refractivity contribution < 1.29 is 9.53 Å². The monoisotopic (exact) mass is 578 g/mol. The second kappa shape index (κ2) is 12.9. The number of pyridine rings is 1. The number of amides is 2. The highest BCUT2D eigenvalue weighted by atomic mass is 16.5. The highest BCUT2D eigenvalue weighted by Crippen LogP contribution is 2.30. The Morgan fingerprint density at radius 1 is 1.07 bits per heavy atom. The molecule has 220 valence electrons. The quantitative estimate of drug-likeness (QED) is 0.317. The summed E-state index contributed by atoms with van der Waals surface area (Å²) in [5.74, 6) is 1.70. The minimum absolute atomic E-state index is 0.0234. The zero-order valence-electron chi connectivity index (χ0n) is 24.1. The number of rotatable bonds is 8. The fourth-order valence-corrected chi connectivity index (χ4v) is 5.59. The van der Waals surface area contributed by atoms with Crippen LogP contribution in [0.25, 0.3) is 11.1 Å². The normalized spacial score (nSPS) is 18.2. The number of benzene rings is 1. The first kappa shape index (κ1) is 28.1. The predicted octanol–water partition coefficient (Wildman–Crippen LogP) is 4.08. The van der Waals surface area contributed by atoms with Gasteiger partial charge in [-0.25, -0.2) is 14.8 Å². The van der Waals surface area contributed by atoms with Crippen molar-refractivity contribution in [3.63, 3.8) is 0 Å². The van der Waals surface area contributed by atoms with E-state index in [1.165, 1.54) is 0 Å². The Labute approximate surface area is 250 Å². The van der Waals surface area contributed by atoms with Crippen LogP contribution in [-0.4, -0.2) is 62.7 Å². The van der Waals surface area contributed by atoms with Crippen molar-refractivity contribution in [1.82, 2.24) is 30.0 Å². The van der Waals surface area contributed by atoms with Gasteiger partial charge in [-0.2, -0.15) is 15.3 Å². The van der Waals surface area contributed by atoms with E-state index in [0.29, 0.717) is 49.6 Å². The van der Waals surface area contributed by atoms with Crippen molar-refractivity contribution in [1.29, 1.82) is 5.26 Å². The standard InChI is InChI=1S/C31H34N10O2/c1-39-20-25(19-36-39)23-7-12-28(33-17-23)41(31(42)35-16-22-5-3-2-4-6-22)27-10-8-26(9-11-27)37-30-34-18-24(15-32)29(38-30)40-13-14-43-21-40/h2-7,12,17-20,26-27H,8-11,13-14,16,21H2,1H3,(H,35,42)(H,34,37,38)/t26-,27-. The van der Waals surface area contributed by atoms with E-state index < -0.39 is 0 Å². The fraction of sp³-hybridized carbons (Fsp3) is 0.355. The van der Waals surface area contributed by atoms with Crippen LogP contribution < -0.4 is 20.4 Å². The molecule has 4 heterocycles. The van der Waals surface area contributed by atoms with E-state index in [2.05, 4.69) is 31.8 Å². The number of ether oxygens (including phenoxy) is 1. The number of nitrogens with one attached hydrogen (secondary N) is 2. The highest BCUT2D eigenvalue weighted by molar-refractivity contribution is 5.91. The van der Waals surface area contributed by atoms with E-state index in [-0.39, 0.29) is 18.1 Å². The molecule has 1 saturated carbocycles. The molecule has 2 N–H and O–H groups in total. The van der Waals surface area contributed by atoms with Gasteiger partial charge < -0.3 is 20.3 Å². The van der Waals surface area contributed by atoms with Crippen LogP contribution in [0.15, 0.2) is 67.3 Å². The van der Waals surface area contributed by atoms with Gasteiger partial charge in [0.1, 0.15) is 24.2 Å². The van der Waals surface area contributed by atoms with Crippen LogP contribution in [0.3, 0.4) is 0 Å². The second-order valence-corrected chi connectivity index (χ2v) is 10.8. The zero-order chi connectivity index (χ0) is 29.6. The number of aryl methyl sites for hydroxylation is 1. The smallest absolute Gasteiger partial charge is 0.323 e. The molecule has 0 radical (unpaired) electrons. The number of hydrogen-bond donors (Lipinski definition) is 2. The third-order valence-corrected chi connectivity index (χ3v) is 7.87. The maximum atomic E-state index is 13.7. The first-order chi connectivity index (χ1) is 21.1. The maximum Gasteiger partial charge on any atom is 0.323 e. The number of carbonyl (C=O) groups excluding carboxylic acids is 1. The lowest BCUT2D eigenvalue weighted by molar-refractivity contribution is 0.201. The summed E-state index contributed by atoms with van der Waals surface area (Å²) in [5, 5.41) is 20.3. The second-order valence-electron chi connectivity index (χ2n) is 10.8. The van der Waals surface area contributed by atoms with E-state index in [9.17, 15) is 10.1 Å². The molecule has 43 heavy (non-hydrogen) atoms. The third kappa shape index (κ3) is 6.57. The summed E-state index contributed by atoms with van der Waals surface area (Å²) < 4.78 is 7.21. The molecule has 12 nitrogen and oxygen atoms in total. The third-order valence-electron chi connectivity index (χ3n) is 7.87. The lowest BCUT2D eigenvalue weighted by atomic mass is 9.90. The van der Waals surface area contributed by atoms with Gasteiger partial charge in [0.25, 0.3) is 0 Å². The fourth-order valence-electron chi connectivity index (χ4n) is 5.59. The molecule has 1 aliphatic heterocycles. The topological polar surface area (TPSA) is 137 Å². The molecule has 6 rings (SSSR count). The summed E-state index contributed by atoms with van der Waals surface area (Å²) in [4.78, 5) is 31.2. The number of urea groups is 1. The molecule has 0 bridgehead atoms. The minimum Gasteiger partial charge on any atom is -0.359 e. The Morgan fingerprint density at radius 2 is 1.91 bits per heavy atom. The molecule has 3 aromatic heterocycles. The van der Waals surface area contributed by atoms with Crippen LogP contribution in [0.2, 0.25) is 0 Å². The number of nitriles is 1. The molecule has 2 fully saturated rings.